The highest BCUT2D eigenvalue weighted by molar-refractivity contribution is 5.63. The van der Waals surface area contributed by atoms with Gasteiger partial charge in [-0.1, -0.05) is 60.7 Å². The van der Waals surface area contributed by atoms with Crippen molar-refractivity contribution >= 4 is 5.97 Å². The summed E-state index contributed by atoms with van der Waals surface area (Å²) in [6.07, 6.45) is -4.00. The lowest BCUT2D eigenvalue weighted by Crippen LogP contribution is -1.95. The van der Waals surface area contributed by atoms with Crippen LogP contribution in [0.5, 0.6) is 0 Å². The number of carbonyl (C=O) groups is 1. The van der Waals surface area contributed by atoms with Gasteiger partial charge in [-0.2, -0.15) is 13.2 Å². The predicted molar refractivity (Wildman–Crippen MR) is 76.9 cm³/mol. The Hall–Kier alpha value is -2.30. The number of carboxylic acid groups (broad SMARTS) is 1. The van der Waals surface area contributed by atoms with Crippen molar-refractivity contribution in [1.29, 1.82) is 0 Å². The first-order chi connectivity index (χ1) is 9.70. The molecule has 2 nitrogen and oxygen atoms in total. The molecule has 5 heteroatoms. The Balaban J connectivity index is 0.000000374. The molecule has 0 bridgehead atoms. The van der Waals surface area contributed by atoms with Crippen molar-refractivity contribution in [3.8, 4) is 11.1 Å². The van der Waals surface area contributed by atoms with Crippen LogP contribution in [-0.2, 0) is 4.79 Å². The fourth-order valence-corrected chi connectivity index (χ4v) is 1.26. The van der Waals surface area contributed by atoms with E-state index in [0.717, 1.165) is 6.92 Å². The zero-order chi connectivity index (χ0) is 16.3. The van der Waals surface area contributed by atoms with Gasteiger partial charge in [-0.25, -0.2) is 0 Å². The summed E-state index contributed by atoms with van der Waals surface area (Å²) in [5.41, 5.74) is 2.55. The van der Waals surface area contributed by atoms with Crippen molar-refractivity contribution in [2.24, 2.45) is 0 Å². The molecular formula is C16H17F3O2. The highest BCUT2D eigenvalue weighted by Gasteiger charge is 2.15. The summed E-state index contributed by atoms with van der Waals surface area (Å²) >= 11 is 0. The van der Waals surface area contributed by atoms with Gasteiger partial charge in [0, 0.05) is 13.8 Å². The highest BCUT2D eigenvalue weighted by Crippen LogP contribution is 2.17. The normalized spacial score (nSPS) is 9.57. The average Bonchev–Trinajstić information content (AvgIpc) is 2.38. The summed E-state index contributed by atoms with van der Waals surface area (Å²) < 4.78 is 31.1. The number of rotatable bonds is 1. The van der Waals surface area contributed by atoms with E-state index < -0.39 is 12.1 Å². The lowest BCUT2D eigenvalue weighted by molar-refractivity contribution is -0.134. The molecule has 1 N–H and O–H groups in total. The van der Waals surface area contributed by atoms with Gasteiger partial charge in [-0.15, -0.1) is 0 Å². The van der Waals surface area contributed by atoms with Gasteiger partial charge in [0.05, 0.1) is 0 Å². The largest absolute Gasteiger partial charge is 0.481 e. The van der Waals surface area contributed by atoms with Gasteiger partial charge in [-0.3, -0.25) is 4.79 Å². The molecule has 21 heavy (non-hydrogen) atoms. The van der Waals surface area contributed by atoms with E-state index in [1.54, 1.807) is 0 Å². The molecule has 0 unspecified atom stereocenters. The predicted octanol–water partition coefficient (Wildman–Crippen LogP) is 5.01. The Kier molecular flexibility index (Phi) is 8.53. The minimum Gasteiger partial charge on any atom is -0.481 e. The third-order valence-electron chi connectivity index (χ3n) is 1.88. The Morgan fingerprint density at radius 2 is 1.05 bits per heavy atom. The Morgan fingerprint density at radius 3 is 1.24 bits per heavy atom. The molecule has 0 atom stereocenters. The lowest BCUT2D eigenvalue weighted by Gasteiger charge is -1.98. The fourth-order valence-electron chi connectivity index (χ4n) is 1.26. The highest BCUT2D eigenvalue weighted by atomic mass is 19.4. The molecule has 0 aliphatic carbocycles. The molecule has 0 heterocycles. The van der Waals surface area contributed by atoms with Gasteiger partial charge in [0.2, 0.25) is 0 Å². The molecule has 0 amide bonds. The van der Waals surface area contributed by atoms with E-state index in [2.05, 4.69) is 48.5 Å². The van der Waals surface area contributed by atoms with Gasteiger partial charge in [0.15, 0.2) is 0 Å². The lowest BCUT2D eigenvalue weighted by atomic mass is 10.1. The quantitative estimate of drug-likeness (QED) is 0.803. The van der Waals surface area contributed by atoms with E-state index in [1.165, 1.54) is 11.1 Å². The van der Waals surface area contributed by atoms with Crippen LogP contribution in [0.2, 0.25) is 0 Å². The van der Waals surface area contributed by atoms with Crippen LogP contribution in [0.4, 0.5) is 13.2 Å². The Morgan fingerprint density at radius 1 is 0.857 bits per heavy atom. The molecule has 2 rings (SSSR count). The molecule has 2 aromatic rings. The number of carboxylic acids is 1. The average molecular weight is 298 g/mol. The molecule has 2 aromatic carbocycles. The topological polar surface area (TPSA) is 37.3 Å². The summed E-state index contributed by atoms with van der Waals surface area (Å²) in [4.78, 5) is 9.00. The first kappa shape index (κ1) is 18.7. The van der Waals surface area contributed by atoms with Gasteiger partial charge in [-0.05, 0) is 11.1 Å². The van der Waals surface area contributed by atoms with Crippen molar-refractivity contribution in [2.45, 2.75) is 20.0 Å². The summed E-state index contributed by atoms with van der Waals surface area (Å²) in [7, 11) is 0. The number of halogens is 3. The van der Waals surface area contributed by atoms with Gasteiger partial charge in [0.25, 0.3) is 5.97 Å². The third-order valence-corrected chi connectivity index (χ3v) is 1.88. The number of aliphatic carboxylic acids is 1. The first-order valence-corrected chi connectivity index (χ1v) is 6.07. The van der Waals surface area contributed by atoms with Gasteiger partial charge < -0.3 is 5.11 Å². The number of hydrogen-bond acceptors (Lipinski definition) is 1. The minimum atomic E-state index is -4.00. The molecule has 0 spiro atoms. The SMILES string of the molecule is CC(=O)O.CC(F)(F)F.c1ccc(-c2ccccc2)cc1. The van der Waals surface area contributed by atoms with Crippen LogP contribution < -0.4 is 0 Å². The second-order valence-corrected chi connectivity index (χ2v) is 4.03. The molecule has 0 aliphatic rings. The van der Waals surface area contributed by atoms with Crippen LogP contribution in [-0.4, -0.2) is 17.3 Å². The third kappa shape index (κ3) is 13.9. The molecule has 0 aliphatic heterocycles. The van der Waals surface area contributed by atoms with E-state index in [-0.39, 0.29) is 6.92 Å². The van der Waals surface area contributed by atoms with E-state index >= 15 is 0 Å². The standard InChI is InChI=1S/C12H10.C2H3F3.C2H4O2/c1-3-7-11(8-4-1)12-9-5-2-6-10-12;1-2(3,4)5;1-2(3)4/h1-10H;1H3;1H3,(H,3,4). The van der Waals surface area contributed by atoms with Gasteiger partial charge >= 0.3 is 6.18 Å². The van der Waals surface area contributed by atoms with Gasteiger partial charge in [0.1, 0.15) is 0 Å². The first-order valence-electron chi connectivity index (χ1n) is 6.07. The number of alkyl halides is 3. The van der Waals surface area contributed by atoms with E-state index in [4.69, 9.17) is 9.90 Å². The minimum absolute atomic E-state index is 0.188. The van der Waals surface area contributed by atoms with Crippen LogP contribution in [0.3, 0.4) is 0 Å². The Bertz CT molecular complexity index is 461. The van der Waals surface area contributed by atoms with E-state index in [1.807, 2.05) is 12.1 Å². The summed E-state index contributed by atoms with van der Waals surface area (Å²) in [6, 6.07) is 20.8. The summed E-state index contributed by atoms with van der Waals surface area (Å²) in [5, 5.41) is 7.42. The summed E-state index contributed by atoms with van der Waals surface area (Å²) in [5.74, 6) is -0.833. The zero-order valence-corrected chi connectivity index (χ0v) is 11.8. The molecule has 0 radical (unpaired) electrons. The van der Waals surface area contributed by atoms with Crippen molar-refractivity contribution in [3.63, 3.8) is 0 Å². The van der Waals surface area contributed by atoms with Crippen LogP contribution >= 0.6 is 0 Å². The van der Waals surface area contributed by atoms with Crippen molar-refractivity contribution < 1.29 is 23.1 Å². The monoisotopic (exact) mass is 298 g/mol. The van der Waals surface area contributed by atoms with Crippen molar-refractivity contribution in [1.82, 2.24) is 0 Å². The maximum atomic E-state index is 10.4. The van der Waals surface area contributed by atoms with Crippen LogP contribution in [0.15, 0.2) is 60.7 Å². The fraction of sp³-hybridized carbons (Fsp3) is 0.188. The zero-order valence-electron chi connectivity index (χ0n) is 11.8. The molecular weight excluding hydrogens is 281 g/mol. The van der Waals surface area contributed by atoms with Crippen LogP contribution in [0.25, 0.3) is 11.1 Å². The molecule has 0 saturated carbocycles. The van der Waals surface area contributed by atoms with Crippen molar-refractivity contribution in [3.05, 3.63) is 60.7 Å². The van der Waals surface area contributed by atoms with Crippen LogP contribution in [0, 0.1) is 0 Å². The smallest absolute Gasteiger partial charge is 0.386 e. The maximum Gasteiger partial charge on any atom is 0.386 e. The maximum absolute atomic E-state index is 10.4. The number of hydrogen-bond donors (Lipinski definition) is 1. The second-order valence-electron chi connectivity index (χ2n) is 4.03. The molecule has 0 aromatic heterocycles. The van der Waals surface area contributed by atoms with E-state index in [9.17, 15) is 13.2 Å². The van der Waals surface area contributed by atoms with Crippen molar-refractivity contribution in [2.75, 3.05) is 0 Å². The number of benzene rings is 2. The summed E-state index contributed by atoms with van der Waals surface area (Å²) in [6.45, 7) is 1.27. The second kappa shape index (κ2) is 9.58. The molecule has 0 fully saturated rings. The molecule has 0 saturated heterocycles. The van der Waals surface area contributed by atoms with Crippen LogP contribution in [0.1, 0.15) is 13.8 Å². The molecule has 114 valence electrons. The van der Waals surface area contributed by atoms with E-state index in [0.29, 0.717) is 0 Å². The Labute approximate surface area is 121 Å².